The first-order valence-corrected chi connectivity index (χ1v) is 15.3. The summed E-state index contributed by atoms with van der Waals surface area (Å²) in [7, 11) is 0. The van der Waals surface area contributed by atoms with E-state index in [2.05, 4.69) is 93.2 Å². The van der Waals surface area contributed by atoms with Gasteiger partial charge >= 0.3 is 0 Å². The van der Waals surface area contributed by atoms with Gasteiger partial charge in [-0.2, -0.15) is 0 Å². The molecule has 0 fully saturated rings. The molecule has 7 aromatic rings. The van der Waals surface area contributed by atoms with Crippen LogP contribution in [0.2, 0.25) is 0 Å². The van der Waals surface area contributed by atoms with Gasteiger partial charge in [0.1, 0.15) is 0 Å². The Morgan fingerprint density at radius 3 is 1.07 bits per heavy atom. The zero-order chi connectivity index (χ0) is 30.7. The Morgan fingerprint density at radius 2 is 0.630 bits per heavy atom. The smallest absolute Gasteiger partial charge is 0.248 e. The second-order valence-corrected chi connectivity index (χ2v) is 11.2. The summed E-state index contributed by atoms with van der Waals surface area (Å²) in [6.45, 7) is 0. The van der Waals surface area contributed by atoms with Crippen molar-refractivity contribution in [3.63, 3.8) is 0 Å². The number of aromatic nitrogens is 4. The lowest BCUT2D eigenvalue weighted by Crippen LogP contribution is -1.94. The van der Waals surface area contributed by atoms with Gasteiger partial charge in [-0.1, -0.05) is 109 Å². The van der Waals surface area contributed by atoms with Crippen molar-refractivity contribution >= 4 is 11.1 Å². The number of allylic oxidation sites excluding steroid dienone is 4. The molecule has 0 bridgehead atoms. The molecule has 0 unspecified atom stereocenters. The zero-order valence-corrected chi connectivity index (χ0v) is 24.9. The molecule has 2 heterocycles. The Bertz CT molecular complexity index is 2160. The SMILES string of the molecule is C1=C(c2ccc(-c3nnc(-c4ccc(-c5ccccc5)cc4)o3)cc2)CCC(c2nnc(-c3ccc(-c4ccccc4)cc3)o2)=C1. The number of benzene rings is 5. The topological polar surface area (TPSA) is 77.8 Å². The molecule has 6 heteroatoms. The highest BCUT2D eigenvalue weighted by atomic mass is 16.4. The maximum Gasteiger partial charge on any atom is 0.248 e. The van der Waals surface area contributed by atoms with E-state index in [1.165, 1.54) is 16.7 Å². The number of nitrogens with zero attached hydrogens (tertiary/aromatic N) is 4. The Hall–Kier alpha value is -6.14. The van der Waals surface area contributed by atoms with E-state index in [0.29, 0.717) is 23.6 Å². The molecule has 46 heavy (non-hydrogen) atoms. The predicted molar refractivity (Wildman–Crippen MR) is 181 cm³/mol. The minimum atomic E-state index is 0.496. The van der Waals surface area contributed by atoms with E-state index < -0.39 is 0 Å². The molecule has 0 saturated heterocycles. The molecule has 0 N–H and O–H groups in total. The van der Waals surface area contributed by atoms with Crippen LogP contribution in [0.15, 0.2) is 154 Å². The fraction of sp³-hybridized carbons (Fsp3) is 0.0500. The highest BCUT2D eigenvalue weighted by molar-refractivity contribution is 5.77. The molecular formula is C40H28N4O2. The van der Waals surface area contributed by atoms with Crippen molar-refractivity contribution in [1.29, 1.82) is 0 Å². The van der Waals surface area contributed by atoms with Gasteiger partial charge in [-0.15, -0.1) is 20.4 Å². The minimum absolute atomic E-state index is 0.496. The number of hydrogen-bond donors (Lipinski definition) is 0. The van der Waals surface area contributed by atoms with Gasteiger partial charge < -0.3 is 8.83 Å². The molecule has 0 spiro atoms. The van der Waals surface area contributed by atoms with E-state index in [9.17, 15) is 0 Å². The second-order valence-electron chi connectivity index (χ2n) is 11.2. The lowest BCUT2D eigenvalue weighted by atomic mass is 9.93. The summed E-state index contributed by atoms with van der Waals surface area (Å²) >= 11 is 0. The van der Waals surface area contributed by atoms with Crippen LogP contribution in [0.1, 0.15) is 24.3 Å². The molecule has 0 radical (unpaired) electrons. The number of hydrogen-bond acceptors (Lipinski definition) is 6. The highest BCUT2D eigenvalue weighted by Gasteiger charge is 2.17. The van der Waals surface area contributed by atoms with E-state index in [4.69, 9.17) is 8.83 Å². The summed E-state index contributed by atoms with van der Waals surface area (Å²) < 4.78 is 12.1. The molecule has 0 amide bonds. The van der Waals surface area contributed by atoms with Gasteiger partial charge in [0.05, 0.1) is 0 Å². The second kappa shape index (κ2) is 12.1. The molecule has 0 saturated carbocycles. The Balaban J connectivity index is 0.937. The Morgan fingerprint density at radius 1 is 0.304 bits per heavy atom. The average molecular weight is 597 g/mol. The minimum Gasteiger partial charge on any atom is -0.416 e. The van der Waals surface area contributed by atoms with Crippen molar-refractivity contribution in [3.8, 4) is 56.6 Å². The molecular weight excluding hydrogens is 568 g/mol. The van der Waals surface area contributed by atoms with Gasteiger partial charge in [-0.05, 0) is 82.6 Å². The van der Waals surface area contributed by atoms with Gasteiger partial charge in [0.15, 0.2) is 0 Å². The molecule has 6 nitrogen and oxygen atoms in total. The average Bonchev–Trinajstić information content (AvgIpc) is 3.84. The third-order valence-corrected chi connectivity index (χ3v) is 8.25. The van der Waals surface area contributed by atoms with E-state index >= 15 is 0 Å². The molecule has 2 aromatic heterocycles. The van der Waals surface area contributed by atoms with Crippen LogP contribution in [0, 0.1) is 0 Å². The fourth-order valence-electron chi connectivity index (χ4n) is 5.68. The van der Waals surface area contributed by atoms with Gasteiger partial charge in [0, 0.05) is 22.3 Å². The standard InChI is InChI=1S/C40H28N4O2/c1-3-7-27(8-4-1)29-11-19-33(20-12-29)37-41-43-39(45-37)35-23-15-31(16-24-35)32-17-25-36(26-18-32)40-44-42-38(46-40)34-21-13-30(14-22-34)28-9-5-2-6-10-28/h1-17,19-25H,18,26H2. The van der Waals surface area contributed by atoms with Crippen LogP contribution in [-0.2, 0) is 0 Å². The van der Waals surface area contributed by atoms with E-state index in [-0.39, 0.29) is 0 Å². The van der Waals surface area contributed by atoms with Gasteiger partial charge in [0.2, 0.25) is 23.6 Å². The van der Waals surface area contributed by atoms with E-state index in [1.807, 2.05) is 72.8 Å². The molecule has 1 aliphatic rings. The van der Waals surface area contributed by atoms with Crippen LogP contribution in [0.3, 0.4) is 0 Å². The summed E-state index contributed by atoms with van der Waals surface area (Å²) in [6, 6.07) is 45.2. The molecule has 5 aromatic carbocycles. The Kier molecular flexibility index (Phi) is 7.21. The molecule has 1 aliphatic carbocycles. The summed E-state index contributed by atoms with van der Waals surface area (Å²) in [5.74, 6) is 2.08. The first kappa shape index (κ1) is 27.4. The maximum atomic E-state index is 6.08. The maximum absolute atomic E-state index is 6.08. The molecule has 220 valence electrons. The highest BCUT2D eigenvalue weighted by Crippen LogP contribution is 2.34. The van der Waals surface area contributed by atoms with Crippen molar-refractivity contribution in [2.45, 2.75) is 12.8 Å². The van der Waals surface area contributed by atoms with Crippen LogP contribution in [0.5, 0.6) is 0 Å². The van der Waals surface area contributed by atoms with Crippen LogP contribution < -0.4 is 0 Å². The van der Waals surface area contributed by atoms with Gasteiger partial charge in [-0.3, -0.25) is 0 Å². The van der Waals surface area contributed by atoms with Gasteiger partial charge in [-0.25, -0.2) is 0 Å². The van der Waals surface area contributed by atoms with Crippen LogP contribution in [0.25, 0.3) is 67.8 Å². The quantitative estimate of drug-likeness (QED) is 0.182. The third-order valence-electron chi connectivity index (χ3n) is 8.25. The largest absolute Gasteiger partial charge is 0.416 e. The molecule has 0 atom stereocenters. The predicted octanol–water partition coefficient (Wildman–Crippen LogP) is 10.0. The lowest BCUT2D eigenvalue weighted by molar-refractivity contribution is 0.550. The van der Waals surface area contributed by atoms with Crippen molar-refractivity contribution in [1.82, 2.24) is 20.4 Å². The van der Waals surface area contributed by atoms with E-state index in [0.717, 1.165) is 51.8 Å². The summed E-state index contributed by atoms with van der Waals surface area (Å²) in [5.41, 5.74) is 10.7. The summed E-state index contributed by atoms with van der Waals surface area (Å²) in [4.78, 5) is 0. The monoisotopic (exact) mass is 596 g/mol. The zero-order valence-electron chi connectivity index (χ0n) is 24.9. The van der Waals surface area contributed by atoms with Crippen molar-refractivity contribution in [3.05, 3.63) is 157 Å². The molecule has 0 aliphatic heterocycles. The van der Waals surface area contributed by atoms with Crippen molar-refractivity contribution in [2.75, 3.05) is 0 Å². The first-order valence-electron chi connectivity index (χ1n) is 15.3. The third kappa shape index (κ3) is 5.60. The lowest BCUT2D eigenvalue weighted by Gasteiger charge is -2.13. The van der Waals surface area contributed by atoms with Crippen LogP contribution in [-0.4, -0.2) is 20.4 Å². The number of rotatable bonds is 7. The first-order chi connectivity index (χ1) is 22.8. The van der Waals surface area contributed by atoms with Crippen LogP contribution in [0.4, 0.5) is 0 Å². The van der Waals surface area contributed by atoms with E-state index in [1.54, 1.807) is 0 Å². The fourth-order valence-corrected chi connectivity index (χ4v) is 5.68. The van der Waals surface area contributed by atoms with Crippen LogP contribution >= 0.6 is 0 Å². The Labute approximate surface area is 266 Å². The summed E-state index contributed by atoms with van der Waals surface area (Å²) in [5, 5.41) is 17.3. The van der Waals surface area contributed by atoms with Gasteiger partial charge in [0.25, 0.3) is 0 Å². The molecule has 8 rings (SSSR count). The normalized spacial score (nSPS) is 12.9. The summed E-state index contributed by atoms with van der Waals surface area (Å²) in [6.07, 6.45) is 5.91. The van der Waals surface area contributed by atoms with Crippen molar-refractivity contribution < 1.29 is 8.83 Å². The van der Waals surface area contributed by atoms with Crippen molar-refractivity contribution in [2.24, 2.45) is 0 Å².